The zero-order valence-corrected chi connectivity index (χ0v) is 13.9. The number of methoxy groups -OCH3 is 1. The van der Waals surface area contributed by atoms with Gasteiger partial charge in [0.1, 0.15) is 24.0 Å². The van der Waals surface area contributed by atoms with Gasteiger partial charge in [-0.3, -0.25) is 0 Å². The summed E-state index contributed by atoms with van der Waals surface area (Å²) in [6.45, 7) is -0.212. The molecule has 0 N–H and O–H groups in total. The number of hydrogen-bond donors (Lipinski definition) is 0. The Hall–Kier alpha value is -1.97. The van der Waals surface area contributed by atoms with Crippen LogP contribution in [0.15, 0.2) is 22.7 Å². The number of esters is 1. The van der Waals surface area contributed by atoms with E-state index in [1.54, 1.807) is 0 Å². The average molecular weight is 411 g/mol. The fourth-order valence-corrected chi connectivity index (χ4v) is 2.90. The van der Waals surface area contributed by atoms with Crippen LogP contribution in [0, 0.1) is 0 Å². The predicted octanol–water partition coefficient (Wildman–Crippen LogP) is 1.81. The van der Waals surface area contributed by atoms with Gasteiger partial charge < -0.3 is 24.3 Å². The Bertz CT molecular complexity index is 652. The summed E-state index contributed by atoms with van der Waals surface area (Å²) in [6.07, 6.45) is -6.98. The standard InChI is InChI=1S/C14H13BrF3NO5/c1-23-12(20)11-5-10(6-19(11)13(21)22)24-9-3-7(14(16,17)18)2-8(15)4-9/h2-4,10-11H,5-6H2,1H3,(H,21,22)/p-1/t10-,11-/m0/s1. The highest BCUT2D eigenvalue weighted by Crippen LogP contribution is 2.35. The van der Waals surface area contributed by atoms with Crippen LogP contribution in [0.1, 0.15) is 12.0 Å². The highest BCUT2D eigenvalue weighted by Gasteiger charge is 2.39. The van der Waals surface area contributed by atoms with Crippen LogP contribution in [-0.2, 0) is 15.7 Å². The van der Waals surface area contributed by atoms with Crippen LogP contribution >= 0.6 is 15.9 Å². The van der Waals surface area contributed by atoms with Crippen LogP contribution in [0.4, 0.5) is 18.0 Å². The number of carboxylic acid groups (broad SMARTS) is 1. The predicted molar refractivity (Wildman–Crippen MR) is 76.1 cm³/mol. The number of benzene rings is 1. The van der Waals surface area contributed by atoms with Crippen LogP contribution < -0.4 is 9.84 Å². The van der Waals surface area contributed by atoms with Gasteiger partial charge >= 0.3 is 12.1 Å². The van der Waals surface area contributed by atoms with Crippen molar-refractivity contribution < 1.29 is 37.3 Å². The van der Waals surface area contributed by atoms with Crippen molar-refractivity contribution >= 4 is 28.0 Å². The molecule has 0 radical (unpaired) electrons. The Labute approximate surface area is 143 Å². The van der Waals surface area contributed by atoms with E-state index in [2.05, 4.69) is 20.7 Å². The van der Waals surface area contributed by atoms with E-state index in [1.807, 2.05) is 0 Å². The number of ether oxygens (including phenoxy) is 2. The highest BCUT2D eigenvalue weighted by atomic mass is 79.9. The van der Waals surface area contributed by atoms with Crippen molar-refractivity contribution in [1.82, 2.24) is 4.90 Å². The summed E-state index contributed by atoms with van der Waals surface area (Å²) < 4.78 is 48.5. The van der Waals surface area contributed by atoms with Crippen LogP contribution in [-0.4, -0.2) is 42.8 Å². The molecular weight excluding hydrogens is 399 g/mol. The summed E-state index contributed by atoms with van der Waals surface area (Å²) in [5.41, 5.74) is -0.911. The molecule has 0 unspecified atom stereocenters. The van der Waals surface area contributed by atoms with E-state index < -0.39 is 35.9 Å². The summed E-state index contributed by atoms with van der Waals surface area (Å²) >= 11 is 2.97. The molecule has 1 fully saturated rings. The molecule has 0 aliphatic carbocycles. The van der Waals surface area contributed by atoms with Gasteiger partial charge in [-0.05, 0) is 18.2 Å². The van der Waals surface area contributed by atoms with Crippen molar-refractivity contribution in [3.63, 3.8) is 0 Å². The molecule has 1 saturated heterocycles. The molecule has 1 aromatic rings. The minimum absolute atomic E-state index is 0.0471. The smallest absolute Gasteiger partial charge is 0.416 e. The van der Waals surface area contributed by atoms with E-state index in [-0.39, 0.29) is 23.2 Å². The van der Waals surface area contributed by atoms with E-state index in [9.17, 15) is 27.9 Å². The normalized spacial score (nSPS) is 20.8. The van der Waals surface area contributed by atoms with E-state index in [0.717, 1.165) is 24.1 Å². The lowest BCUT2D eigenvalue weighted by molar-refractivity contribution is -0.266. The second kappa shape index (κ2) is 6.88. The number of rotatable bonds is 3. The maximum atomic E-state index is 12.8. The molecule has 1 heterocycles. The lowest BCUT2D eigenvalue weighted by atomic mass is 10.2. The van der Waals surface area contributed by atoms with Gasteiger partial charge in [-0.2, -0.15) is 13.2 Å². The third-order valence-corrected chi connectivity index (χ3v) is 3.93. The minimum atomic E-state index is -4.55. The van der Waals surface area contributed by atoms with Crippen LogP contribution in [0.3, 0.4) is 0 Å². The van der Waals surface area contributed by atoms with E-state index in [1.165, 1.54) is 6.07 Å². The molecule has 1 aromatic carbocycles. The van der Waals surface area contributed by atoms with Gasteiger partial charge in [-0.15, -0.1) is 0 Å². The first kappa shape index (κ1) is 18.4. The number of likely N-dealkylation sites (tertiary alicyclic amines) is 1. The molecule has 0 bridgehead atoms. The molecule has 0 spiro atoms. The molecule has 2 rings (SSSR count). The Morgan fingerprint density at radius 2 is 2.00 bits per heavy atom. The van der Waals surface area contributed by atoms with E-state index in [4.69, 9.17) is 4.74 Å². The topological polar surface area (TPSA) is 78.9 Å². The monoisotopic (exact) mass is 410 g/mol. The molecule has 6 nitrogen and oxygen atoms in total. The van der Waals surface area contributed by atoms with Crippen LogP contribution in [0.2, 0.25) is 0 Å². The number of carbonyl (C=O) groups excluding carboxylic acids is 2. The molecule has 0 aromatic heterocycles. The SMILES string of the molecule is COC(=O)[C@@H]1C[C@H](Oc2cc(Br)cc(C(F)(F)F)c2)CN1C(=O)[O-]. The fourth-order valence-electron chi connectivity index (χ4n) is 2.43. The Morgan fingerprint density at radius 3 is 2.54 bits per heavy atom. The fraction of sp³-hybridized carbons (Fsp3) is 0.429. The summed E-state index contributed by atoms with van der Waals surface area (Å²) in [4.78, 5) is 23.4. The maximum absolute atomic E-state index is 12.8. The van der Waals surface area contributed by atoms with E-state index >= 15 is 0 Å². The van der Waals surface area contributed by atoms with Crippen molar-refractivity contribution in [2.75, 3.05) is 13.7 Å². The largest absolute Gasteiger partial charge is 0.530 e. The molecule has 1 aliphatic rings. The first-order valence-electron chi connectivity index (χ1n) is 6.71. The van der Waals surface area contributed by atoms with Gasteiger partial charge in [0.15, 0.2) is 0 Å². The molecule has 2 atom stereocenters. The molecule has 1 aliphatic heterocycles. The molecule has 1 amide bonds. The van der Waals surface area contributed by atoms with Crippen molar-refractivity contribution in [1.29, 1.82) is 0 Å². The summed E-state index contributed by atoms with van der Waals surface area (Å²) in [5.74, 6) is -0.874. The zero-order valence-electron chi connectivity index (χ0n) is 12.3. The number of amides is 1. The lowest BCUT2D eigenvalue weighted by Gasteiger charge is -2.24. The first-order valence-corrected chi connectivity index (χ1v) is 7.51. The van der Waals surface area contributed by atoms with E-state index in [0.29, 0.717) is 0 Å². The summed E-state index contributed by atoms with van der Waals surface area (Å²) in [7, 11) is 1.11. The van der Waals surface area contributed by atoms with Crippen LogP contribution in [0.5, 0.6) is 5.75 Å². The number of hydrogen-bond acceptors (Lipinski definition) is 5. The molecule has 10 heteroatoms. The van der Waals surface area contributed by atoms with Gasteiger partial charge in [0.25, 0.3) is 0 Å². The second-order valence-electron chi connectivity index (χ2n) is 5.11. The summed E-state index contributed by atoms with van der Waals surface area (Å²) in [6, 6.07) is 1.91. The molecule has 24 heavy (non-hydrogen) atoms. The number of alkyl halides is 3. The van der Waals surface area contributed by atoms with Crippen molar-refractivity contribution in [2.24, 2.45) is 0 Å². The van der Waals surface area contributed by atoms with Gasteiger partial charge in [-0.1, -0.05) is 15.9 Å². The number of nitrogens with zero attached hydrogens (tertiary/aromatic N) is 1. The lowest BCUT2D eigenvalue weighted by Crippen LogP contribution is -2.47. The third kappa shape index (κ3) is 4.11. The number of carbonyl (C=O) groups is 2. The van der Waals surface area contributed by atoms with Gasteiger partial charge in [0.2, 0.25) is 0 Å². The van der Waals surface area contributed by atoms with Crippen molar-refractivity contribution in [3.05, 3.63) is 28.2 Å². The minimum Gasteiger partial charge on any atom is -0.530 e. The Morgan fingerprint density at radius 1 is 1.33 bits per heavy atom. The number of halogens is 4. The summed E-state index contributed by atoms with van der Waals surface area (Å²) in [5, 5.41) is 11.1. The van der Waals surface area contributed by atoms with Crippen molar-refractivity contribution in [3.8, 4) is 5.75 Å². The molecule has 132 valence electrons. The first-order chi connectivity index (χ1) is 11.1. The van der Waals surface area contributed by atoms with Crippen molar-refractivity contribution in [2.45, 2.75) is 24.7 Å². The Balaban J connectivity index is 2.19. The second-order valence-corrected chi connectivity index (χ2v) is 6.02. The van der Waals surface area contributed by atoms with Gasteiger partial charge in [0.05, 0.1) is 19.2 Å². The zero-order chi connectivity index (χ0) is 18.1. The van der Waals surface area contributed by atoms with Gasteiger partial charge in [0, 0.05) is 10.9 Å². The highest BCUT2D eigenvalue weighted by molar-refractivity contribution is 9.10. The van der Waals surface area contributed by atoms with Crippen LogP contribution in [0.25, 0.3) is 0 Å². The maximum Gasteiger partial charge on any atom is 0.416 e. The molecular formula is C14H12BrF3NO5-. The van der Waals surface area contributed by atoms with Gasteiger partial charge in [-0.25, -0.2) is 4.79 Å². The molecule has 0 saturated carbocycles. The quantitative estimate of drug-likeness (QED) is 0.710. The third-order valence-electron chi connectivity index (χ3n) is 3.47. The average Bonchev–Trinajstić information content (AvgIpc) is 2.89. The Kier molecular flexibility index (Phi) is 5.26.